The molecule has 1 unspecified atom stereocenters. The van der Waals surface area contributed by atoms with E-state index in [1.54, 1.807) is 13.8 Å². The Balaban J connectivity index is 2.36. The van der Waals surface area contributed by atoms with Crippen LogP contribution in [0.5, 0.6) is 0 Å². The standard InChI is InChI=1S/C12H24N2O3S/c1-3-18(16,17)8-9(2)14-12(15)7-10-5-4-6-11(10)13/h9-11H,3-8,13H2,1-2H3,(H,14,15)/t9?,10-,11+/m0/s1. The molecule has 1 amide bonds. The zero-order valence-corrected chi connectivity index (χ0v) is 12.0. The van der Waals surface area contributed by atoms with Gasteiger partial charge >= 0.3 is 0 Å². The number of hydrogen-bond acceptors (Lipinski definition) is 4. The van der Waals surface area contributed by atoms with Crippen LogP contribution in [0.4, 0.5) is 0 Å². The van der Waals surface area contributed by atoms with Crippen LogP contribution in [0, 0.1) is 5.92 Å². The number of sulfone groups is 1. The second kappa shape index (κ2) is 6.52. The molecule has 106 valence electrons. The molecule has 18 heavy (non-hydrogen) atoms. The first-order valence-corrected chi connectivity index (χ1v) is 8.41. The molecule has 3 atom stereocenters. The first kappa shape index (κ1) is 15.4. The number of amides is 1. The second-order valence-electron chi connectivity index (χ2n) is 5.23. The zero-order chi connectivity index (χ0) is 13.8. The third-order valence-electron chi connectivity index (χ3n) is 3.52. The molecule has 6 heteroatoms. The fourth-order valence-corrected chi connectivity index (χ4v) is 3.51. The van der Waals surface area contributed by atoms with Crippen LogP contribution in [0.2, 0.25) is 0 Å². The molecule has 1 saturated carbocycles. The van der Waals surface area contributed by atoms with Gasteiger partial charge in [-0.15, -0.1) is 0 Å². The Morgan fingerprint density at radius 2 is 2.11 bits per heavy atom. The van der Waals surface area contributed by atoms with E-state index >= 15 is 0 Å². The Kier molecular flexibility index (Phi) is 5.59. The van der Waals surface area contributed by atoms with Crippen LogP contribution < -0.4 is 11.1 Å². The number of rotatable bonds is 6. The molecule has 0 heterocycles. The second-order valence-corrected chi connectivity index (χ2v) is 7.62. The molecule has 1 fully saturated rings. The summed E-state index contributed by atoms with van der Waals surface area (Å²) in [6.07, 6.45) is 3.48. The molecule has 0 aromatic carbocycles. The summed E-state index contributed by atoms with van der Waals surface area (Å²) >= 11 is 0. The summed E-state index contributed by atoms with van der Waals surface area (Å²) in [7, 11) is -3.04. The van der Waals surface area contributed by atoms with Crippen LogP contribution in [0.15, 0.2) is 0 Å². The summed E-state index contributed by atoms with van der Waals surface area (Å²) < 4.78 is 22.8. The summed E-state index contributed by atoms with van der Waals surface area (Å²) in [5.41, 5.74) is 5.91. The van der Waals surface area contributed by atoms with Gasteiger partial charge in [0.05, 0.1) is 5.75 Å². The summed E-state index contributed by atoms with van der Waals surface area (Å²) in [4.78, 5) is 11.8. The lowest BCUT2D eigenvalue weighted by Crippen LogP contribution is -2.40. The van der Waals surface area contributed by atoms with Gasteiger partial charge < -0.3 is 11.1 Å². The molecule has 1 rings (SSSR count). The van der Waals surface area contributed by atoms with Crippen molar-refractivity contribution in [3.63, 3.8) is 0 Å². The molecule has 1 aliphatic rings. The minimum atomic E-state index is -3.04. The minimum absolute atomic E-state index is 0.00591. The maximum Gasteiger partial charge on any atom is 0.220 e. The molecule has 0 aromatic rings. The van der Waals surface area contributed by atoms with Crippen molar-refractivity contribution in [3.05, 3.63) is 0 Å². The maximum atomic E-state index is 11.8. The zero-order valence-electron chi connectivity index (χ0n) is 11.2. The van der Waals surface area contributed by atoms with Crippen molar-refractivity contribution in [2.45, 2.75) is 51.6 Å². The van der Waals surface area contributed by atoms with E-state index in [-0.39, 0.29) is 35.4 Å². The number of carbonyl (C=O) groups excluding carboxylic acids is 1. The minimum Gasteiger partial charge on any atom is -0.353 e. The van der Waals surface area contributed by atoms with E-state index in [9.17, 15) is 13.2 Å². The lowest BCUT2D eigenvalue weighted by molar-refractivity contribution is -0.122. The van der Waals surface area contributed by atoms with Gasteiger partial charge in [-0.05, 0) is 25.7 Å². The Labute approximate surface area is 109 Å². The highest BCUT2D eigenvalue weighted by molar-refractivity contribution is 7.91. The molecule has 5 nitrogen and oxygen atoms in total. The van der Waals surface area contributed by atoms with Crippen LogP contribution >= 0.6 is 0 Å². The van der Waals surface area contributed by atoms with Crippen LogP contribution in [0.1, 0.15) is 39.5 Å². The molecular formula is C12H24N2O3S. The normalized spacial score (nSPS) is 25.9. The maximum absolute atomic E-state index is 11.8. The summed E-state index contributed by atoms with van der Waals surface area (Å²) in [6.45, 7) is 3.33. The fourth-order valence-electron chi connectivity index (χ4n) is 2.43. The van der Waals surface area contributed by atoms with E-state index < -0.39 is 9.84 Å². The van der Waals surface area contributed by atoms with Crippen LogP contribution in [-0.4, -0.2) is 37.9 Å². The summed E-state index contributed by atoms with van der Waals surface area (Å²) in [6, 6.07) is -0.217. The first-order chi connectivity index (χ1) is 8.34. The predicted molar refractivity (Wildman–Crippen MR) is 71.9 cm³/mol. The van der Waals surface area contributed by atoms with Crippen molar-refractivity contribution in [3.8, 4) is 0 Å². The first-order valence-electron chi connectivity index (χ1n) is 6.59. The van der Waals surface area contributed by atoms with Gasteiger partial charge in [-0.25, -0.2) is 8.42 Å². The number of hydrogen-bond donors (Lipinski definition) is 2. The highest BCUT2D eigenvalue weighted by atomic mass is 32.2. The van der Waals surface area contributed by atoms with Gasteiger partial charge in [-0.2, -0.15) is 0 Å². The van der Waals surface area contributed by atoms with Crippen LogP contribution in [-0.2, 0) is 14.6 Å². The quantitative estimate of drug-likeness (QED) is 0.737. The van der Waals surface area contributed by atoms with Crippen molar-refractivity contribution < 1.29 is 13.2 Å². The average molecular weight is 276 g/mol. The monoisotopic (exact) mass is 276 g/mol. The Hall–Kier alpha value is -0.620. The van der Waals surface area contributed by atoms with Gasteiger partial charge in [0.1, 0.15) is 0 Å². The van der Waals surface area contributed by atoms with E-state index in [0.717, 1.165) is 19.3 Å². The van der Waals surface area contributed by atoms with Crippen molar-refractivity contribution in [2.75, 3.05) is 11.5 Å². The molecule has 0 radical (unpaired) electrons. The smallest absolute Gasteiger partial charge is 0.220 e. The number of nitrogens with one attached hydrogen (secondary N) is 1. The van der Waals surface area contributed by atoms with Crippen LogP contribution in [0.3, 0.4) is 0 Å². The van der Waals surface area contributed by atoms with Crippen LogP contribution in [0.25, 0.3) is 0 Å². The van der Waals surface area contributed by atoms with E-state index in [2.05, 4.69) is 5.32 Å². The van der Waals surface area contributed by atoms with Crippen molar-refractivity contribution >= 4 is 15.7 Å². The third kappa shape index (κ3) is 4.94. The predicted octanol–water partition coefficient (Wildman–Crippen LogP) is 0.443. The molecule has 0 saturated heterocycles. The third-order valence-corrected chi connectivity index (χ3v) is 5.40. The van der Waals surface area contributed by atoms with Gasteiger partial charge in [-0.1, -0.05) is 13.3 Å². The molecule has 3 N–H and O–H groups in total. The Morgan fingerprint density at radius 1 is 1.44 bits per heavy atom. The van der Waals surface area contributed by atoms with Gasteiger partial charge in [0, 0.05) is 24.3 Å². The highest BCUT2D eigenvalue weighted by Gasteiger charge is 2.26. The van der Waals surface area contributed by atoms with Crippen molar-refractivity contribution in [1.29, 1.82) is 0 Å². The summed E-state index contributed by atoms with van der Waals surface area (Å²) in [5, 5.41) is 2.74. The topological polar surface area (TPSA) is 89.3 Å². The van der Waals surface area contributed by atoms with E-state index in [1.165, 1.54) is 0 Å². The van der Waals surface area contributed by atoms with Crippen molar-refractivity contribution in [1.82, 2.24) is 5.32 Å². The average Bonchev–Trinajstić information content (AvgIpc) is 2.63. The SMILES string of the molecule is CCS(=O)(=O)CC(C)NC(=O)C[C@@H]1CCC[C@H]1N. The Morgan fingerprint density at radius 3 is 2.61 bits per heavy atom. The van der Waals surface area contributed by atoms with E-state index in [1.807, 2.05) is 0 Å². The fraction of sp³-hybridized carbons (Fsp3) is 0.917. The summed E-state index contributed by atoms with van der Waals surface area (Å²) in [5.74, 6) is 0.281. The van der Waals surface area contributed by atoms with E-state index in [0.29, 0.717) is 6.42 Å². The molecule has 0 spiro atoms. The lowest BCUT2D eigenvalue weighted by atomic mass is 10.00. The van der Waals surface area contributed by atoms with Gasteiger partial charge in [0.25, 0.3) is 0 Å². The molecule has 0 aromatic heterocycles. The van der Waals surface area contributed by atoms with Gasteiger partial charge in [0.2, 0.25) is 5.91 Å². The number of nitrogens with two attached hydrogens (primary N) is 1. The Bertz CT molecular complexity index is 381. The highest BCUT2D eigenvalue weighted by Crippen LogP contribution is 2.26. The molecule has 0 bridgehead atoms. The van der Waals surface area contributed by atoms with Gasteiger partial charge in [0.15, 0.2) is 9.84 Å². The van der Waals surface area contributed by atoms with Gasteiger partial charge in [-0.3, -0.25) is 4.79 Å². The molecular weight excluding hydrogens is 252 g/mol. The van der Waals surface area contributed by atoms with Crippen molar-refractivity contribution in [2.24, 2.45) is 11.7 Å². The number of carbonyl (C=O) groups is 1. The molecule has 0 aliphatic heterocycles. The largest absolute Gasteiger partial charge is 0.353 e. The molecule has 1 aliphatic carbocycles. The lowest BCUT2D eigenvalue weighted by Gasteiger charge is -2.18. The van der Waals surface area contributed by atoms with E-state index in [4.69, 9.17) is 5.73 Å².